The number of likely N-dealkylation sites (tertiary alicyclic amines) is 1. The molecule has 0 radical (unpaired) electrons. The number of hydrogen-bond donors (Lipinski definition) is 1. The molecule has 1 saturated heterocycles. The van der Waals surface area contributed by atoms with Crippen LogP contribution in [-0.2, 0) is 4.79 Å². The largest absolute Gasteiger partial charge is 0.481 e. The highest BCUT2D eigenvalue weighted by molar-refractivity contribution is 5.71. The van der Waals surface area contributed by atoms with E-state index >= 15 is 0 Å². The molecule has 18 heavy (non-hydrogen) atoms. The lowest BCUT2D eigenvalue weighted by Gasteiger charge is -2.43. The maximum atomic E-state index is 11.2. The van der Waals surface area contributed by atoms with Crippen molar-refractivity contribution in [2.24, 2.45) is 23.2 Å². The van der Waals surface area contributed by atoms with Crippen LogP contribution in [0, 0.1) is 23.2 Å². The summed E-state index contributed by atoms with van der Waals surface area (Å²) in [7, 11) is 0. The van der Waals surface area contributed by atoms with Crippen molar-refractivity contribution in [3.05, 3.63) is 0 Å². The molecule has 0 aromatic rings. The second kappa shape index (κ2) is 4.84. The third-order valence-electron chi connectivity index (χ3n) is 4.84. The summed E-state index contributed by atoms with van der Waals surface area (Å²) in [4.78, 5) is 13.7. The first kappa shape index (κ1) is 13.9. The van der Waals surface area contributed by atoms with E-state index in [1.807, 2.05) is 0 Å². The Balaban J connectivity index is 2.02. The zero-order chi connectivity index (χ0) is 13.5. The van der Waals surface area contributed by atoms with Crippen LogP contribution in [0.2, 0.25) is 0 Å². The molecule has 3 nitrogen and oxygen atoms in total. The maximum absolute atomic E-state index is 11.2. The quantitative estimate of drug-likeness (QED) is 0.822. The second-order valence-electron chi connectivity index (χ2n) is 7.44. The molecule has 1 N–H and O–H groups in total. The summed E-state index contributed by atoms with van der Waals surface area (Å²) in [5.74, 6) is 0.277. The van der Waals surface area contributed by atoms with Crippen molar-refractivity contribution < 1.29 is 9.90 Å². The first-order chi connectivity index (χ1) is 8.28. The van der Waals surface area contributed by atoms with Gasteiger partial charge in [-0.3, -0.25) is 9.69 Å². The Hall–Kier alpha value is -0.570. The summed E-state index contributed by atoms with van der Waals surface area (Å²) in [6.07, 6.45) is 3.76. The Kier molecular flexibility index (Phi) is 3.72. The van der Waals surface area contributed by atoms with Crippen molar-refractivity contribution in [2.75, 3.05) is 13.1 Å². The predicted molar refractivity (Wildman–Crippen MR) is 72.4 cm³/mol. The molecular weight excluding hydrogens is 226 g/mol. The van der Waals surface area contributed by atoms with E-state index in [0.717, 1.165) is 19.0 Å². The lowest BCUT2D eigenvalue weighted by Crippen LogP contribution is -2.42. The van der Waals surface area contributed by atoms with Gasteiger partial charge in [-0.25, -0.2) is 0 Å². The van der Waals surface area contributed by atoms with Crippen molar-refractivity contribution in [3.63, 3.8) is 0 Å². The van der Waals surface area contributed by atoms with Crippen LogP contribution in [0.15, 0.2) is 0 Å². The van der Waals surface area contributed by atoms with Gasteiger partial charge in [0, 0.05) is 19.1 Å². The summed E-state index contributed by atoms with van der Waals surface area (Å²) in [5, 5.41) is 9.23. The summed E-state index contributed by atoms with van der Waals surface area (Å²) in [5.41, 5.74) is 0.410. The van der Waals surface area contributed by atoms with E-state index in [-0.39, 0.29) is 5.92 Å². The fourth-order valence-electron chi connectivity index (χ4n) is 4.20. The van der Waals surface area contributed by atoms with Gasteiger partial charge in [0.25, 0.3) is 0 Å². The molecule has 2 aliphatic rings. The van der Waals surface area contributed by atoms with Crippen LogP contribution in [0.5, 0.6) is 0 Å². The fraction of sp³-hybridized carbons (Fsp3) is 0.933. The van der Waals surface area contributed by atoms with Crippen LogP contribution in [0.3, 0.4) is 0 Å². The molecule has 0 spiro atoms. The predicted octanol–water partition coefficient (Wildman–Crippen LogP) is 2.85. The highest BCUT2D eigenvalue weighted by atomic mass is 16.4. The summed E-state index contributed by atoms with van der Waals surface area (Å²) < 4.78 is 0. The molecule has 0 bridgehead atoms. The standard InChI is InChI=1S/C15H27NO2/c1-10-5-12(7-15(3,4)6-10)16-8-11(2)13(9-16)14(17)18/h10-13H,5-9H2,1-4H3,(H,17,18). The summed E-state index contributed by atoms with van der Waals surface area (Å²) in [6, 6.07) is 0.593. The van der Waals surface area contributed by atoms with Crippen molar-refractivity contribution >= 4 is 5.97 Å². The van der Waals surface area contributed by atoms with Crippen LogP contribution in [0.25, 0.3) is 0 Å². The first-order valence-electron chi connectivity index (χ1n) is 7.25. The average molecular weight is 253 g/mol. The van der Waals surface area contributed by atoms with Crippen molar-refractivity contribution in [1.82, 2.24) is 4.90 Å². The minimum atomic E-state index is -0.617. The molecule has 1 saturated carbocycles. The highest BCUT2D eigenvalue weighted by Gasteiger charge is 2.41. The maximum Gasteiger partial charge on any atom is 0.308 e. The van der Waals surface area contributed by atoms with Gasteiger partial charge in [0.2, 0.25) is 0 Å². The first-order valence-corrected chi connectivity index (χ1v) is 7.25. The molecule has 104 valence electrons. The third kappa shape index (κ3) is 2.87. The molecule has 1 aliphatic carbocycles. The van der Waals surface area contributed by atoms with E-state index in [4.69, 9.17) is 0 Å². The molecule has 0 aromatic heterocycles. The number of hydrogen-bond acceptors (Lipinski definition) is 2. The number of aliphatic carboxylic acids is 1. The molecular formula is C15H27NO2. The molecule has 1 aliphatic heterocycles. The van der Waals surface area contributed by atoms with Crippen LogP contribution in [-0.4, -0.2) is 35.1 Å². The molecule has 0 aromatic carbocycles. The Labute approximate surface area is 111 Å². The Morgan fingerprint density at radius 2 is 1.89 bits per heavy atom. The zero-order valence-electron chi connectivity index (χ0n) is 12.1. The van der Waals surface area contributed by atoms with Gasteiger partial charge < -0.3 is 5.11 Å². The van der Waals surface area contributed by atoms with E-state index < -0.39 is 5.97 Å². The van der Waals surface area contributed by atoms with Crippen molar-refractivity contribution in [2.45, 2.75) is 53.0 Å². The number of rotatable bonds is 2. The van der Waals surface area contributed by atoms with Crippen LogP contribution < -0.4 is 0 Å². The van der Waals surface area contributed by atoms with Crippen LogP contribution in [0.4, 0.5) is 0 Å². The average Bonchev–Trinajstić information content (AvgIpc) is 2.57. The van der Waals surface area contributed by atoms with E-state index in [1.165, 1.54) is 19.3 Å². The van der Waals surface area contributed by atoms with Gasteiger partial charge in [-0.15, -0.1) is 0 Å². The molecule has 4 atom stereocenters. The van der Waals surface area contributed by atoms with Gasteiger partial charge in [-0.1, -0.05) is 27.7 Å². The highest BCUT2D eigenvalue weighted by Crippen LogP contribution is 2.42. The van der Waals surface area contributed by atoms with E-state index in [1.54, 1.807) is 0 Å². The lowest BCUT2D eigenvalue weighted by atomic mass is 9.70. The number of carboxylic acids is 1. The molecule has 2 rings (SSSR count). The van der Waals surface area contributed by atoms with Gasteiger partial charge in [0.15, 0.2) is 0 Å². The van der Waals surface area contributed by atoms with Crippen molar-refractivity contribution in [3.8, 4) is 0 Å². The Morgan fingerprint density at radius 3 is 2.39 bits per heavy atom. The van der Waals surface area contributed by atoms with Crippen molar-refractivity contribution in [1.29, 1.82) is 0 Å². The summed E-state index contributed by atoms with van der Waals surface area (Å²) >= 11 is 0. The minimum Gasteiger partial charge on any atom is -0.481 e. The van der Waals surface area contributed by atoms with Gasteiger partial charge >= 0.3 is 5.97 Å². The molecule has 3 heteroatoms. The molecule has 2 fully saturated rings. The molecule has 0 amide bonds. The Bertz CT molecular complexity index is 326. The monoisotopic (exact) mass is 253 g/mol. The van der Waals surface area contributed by atoms with Gasteiger partial charge in [0.05, 0.1) is 5.92 Å². The van der Waals surface area contributed by atoms with Gasteiger partial charge in [-0.2, -0.15) is 0 Å². The zero-order valence-corrected chi connectivity index (χ0v) is 12.1. The smallest absolute Gasteiger partial charge is 0.308 e. The van der Waals surface area contributed by atoms with Crippen LogP contribution in [0.1, 0.15) is 47.0 Å². The SMILES string of the molecule is CC1CC(N2CC(C)C(C(=O)O)C2)CC(C)(C)C1. The summed E-state index contributed by atoms with van der Waals surface area (Å²) in [6.45, 7) is 10.8. The second-order valence-corrected chi connectivity index (χ2v) is 7.44. The van der Waals surface area contributed by atoms with Crippen LogP contribution >= 0.6 is 0 Å². The third-order valence-corrected chi connectivity index (χ3v) is 4.84. The molecule has 1 heterocycles. The minimum absolute atomic E-state index is 0.162. The number of carboxylic acid groups (broad SMARTS) is 1. The topological polar surface area (TPSA) is 40.5 Å². The van der Waals surface area contributed by atoms with E-state index in [2.05, 4.69) is 32.6 Å². The van der Waals surface area contributed by atoms with E-state index in [9.17, 15) is 9.90 Å². The van der Waals surface area contributed by atoms with E-state index in [0.29, 0.717) is 17.4 Å². The normalized spacial score (nSPS) is 40.9. The number of carbonyl (C=O) groups is 1. The number of nitrogens with zero attached hydrogens (tertiary/aromatic N) is 1. The molecule has 4 unspecified atom stereocenters. The fourth-order valence-corrected chi connectivity index (χ4v) is 4.20. The Morgan fingerprint density at radius 1 is 1.22 bits per heavy atom. The van der Waals surface area contributed by atoms with Gasteiger partial charge in [0.1, 0.15) is 0 Å². The van der Waals surface area contributed by atoms with Gasteiger partial charge in [-0.05, 0) is 36.5 Å². The lowest BCUT2D eigenvalue weighted by molar-refractivity contribution is -0.142.